The monoisotopic (exact) mass is 330 g/mol. The van der Waals surface area contributed by atoms with Gasteiger partial charge in [-0.1, -0.05) is 12.1 Å². The van der Waals surface area contributed by atoms with Crippen molar-refractivity contribution in [1.82, 2.24) is 9.21 Å². The number of halogens is 1. The number of benzene rings is 1. The molecule has 0 bridgehead atoms. The first kappa shape index (κ1) is 16.7. The molecule has 0 spiro atoms. The summed E-state index contributed by atoms with van der Waals surface area (Å²) < 4.78 is 27.3. The molecule has 118 valence electrons. The summed E-state index contributed by atoms with van der Waals surface area (Å²) >= 11 is 5.83. The van der Waals surface area contributed by atoms with Gasteiger partial charge in [-0.15, -0.1) is 11.6 Å². The molecule has 1 saturated heterocycles. The van der Waals surface area contributed by atoms with Crippen molar-refractivity contribution >= 4 is 21.6 Å². The third-order valence-corrected chi connectivity index (χ3v) is 6.63. The SMILES string of the molecule is Cc1ccc(CCl)cc1S(=O)(=O)N(C)C1CCN(C)CC1. The Balaban J connectivity index is 2.29. The molecule has 21 heavy (non-hydrogen) atoms. The number of rotatable bonds is 4. The second-order valence-corrected chi connectivity index (χ2v) is 8.02. The zero-order valence-corrected chi connectivity index (χ0v) is 14.4. The number of nitrogens with zero attached hydrogens (tertiary/aromatic N) is 2. The number of aryl methyl sites for hydroxylation is 1. The van der Waals surface area contributed by atoms with E-state index in [4.69, 9.17) is 11.6 Å². The smallest absolute Gasteiger partial charge is 0.243 e. The lowest BCUT2D eigenvalue weighted by Crippen LogP contribution is -2.44. The lowest BCUT2D eigenvalue weighted by Gasteiger charge is -2.34. The van der Waals surface area contributed by atoms with Gasteiger partial charge in [0.2, 0.25) is 10.0 Å². The summed E-state index contributed by atoms with van der Waals surface area (Å²) in [6.45, 7) is 3.70. The van der Waals surface area contributed by atoms with Crippen molar-refractivity contribution in [3.05, 3.63) is 29.3 Å². The molecule has 0 aliphatic carbocycles. The number of piperidine rings is 1. The van der Waals surface area contributed by atoms with Gasteiger partial charge in [-0.05, 0) is 57.1 Å². The molecule has 6 heteroatoms. The Hall–Kier alpha value is -0.620. The predicted molar refractivity (Wildman–Crippen MR) is 86.2 cm³/mol. The highest BCUT2D eigenvalue weighted by Crippen LogP contribution is 2.25. The number of sulfonamides is 1. The van der Waals surface area contributed by atoms with Gasteiger partial charge in [0, 0.05) is 19.0 Å². The maximum absolute atomic E-state index is 12.9. The minimum atomic E-state index is -3.46. The standard InChI is InChI=1S/C15H23ClN2O2S/c1-12-4-5-13(11-16)10-15(12)21(19,20)18(3)14-6-8-17(2)9-7-14/h4-5,10,14H,6-9,11H2,1-3H3. The molecule has 4 nitrogen and oxygen atoms in total. The van der Waals surface area contributed by atoms with E-state index >= 15 is 0 Å². The van der Waals surface area contributed by atoms with Crippen LogP contribution < -0.4 is 0 Å². The van der Waals surface area contributed by atoms with Crippen molar-refractivity contribution in [1.29, 1.82) is 0 Å². The Morgan fingerprint density at radius 1 is 1.33 bits per heavy atom. The summed E-state index contributed by atoms with van der Waals surface area (Å²) in [5.41, 5.74) is 1.60. The normalized spacial score (nSPS) is 18.3. The Morgan fingerprint density at radius 3 is 2.52 bits per heavy atom. The van der Waals surface area contributed by atoms with Gasteiger partial charge in [0.25, 0.3) is 0 Å². The van der Waals surface area contributed by atoms with Gasteiger partial charge in [0.1, 0.15) is 0 Å². The van der Waals surface area contributed by atoms with Crippen molar-refractivity contribution in [2.75, 3.05) is 27.2 Å². The molecule has 1 aliphatic rings. The quantitative estimate of drug-likeness (QED) is 0.796. The fourth-order valence-electron chi connectivity index (χ4n) is 2.72. The summed E-state index contributed by atoms with van der Waals surface area (Å²) in [6.07, 6.45) is 1.75. The molecule has 1 aromatic carbocycles. The highest BCUT2D eigenvalue weighted by atomic mass is 35.5. The Bertz CT molecular complexity index is 596. The van der Waals surface area contributed by atoms with E-state index in [1.807, 2.05) is 19.1 Å². The zero-order chi connectivity index (χ0) is 15.6. The topological polar surface area (TPSA) is 40.6 Å². The molecule has 0 amide bonds. The van der Waals surface area contributed by atoms with Crippen LogP contribution in [0.25, 0.3) is 0 Å². The van der Waals surface area contributed by atoms with Crippen LogP contribution in [0.4, 0.5) is 0 Å². The van der Waals surface area contributed by atoms with Crippen LogP contribution in [0.2, 0.25) is 0 Å². The van der Waals surface area contributed by atoms with Crippen molar-refractivity contribution < 1.29 is 8.42 Å². The van der Waals surface area contributed by atoms with Crippen molar-refractivity contribution in [2.45, 2.75) is 36.6 Å². The Kier molecular flexibility index (Phi) is 5.30. The molecule has 0 saturated carbocycles. The van der Waals surface area contributed by atoms with Crippen molar-refractivity contribution in [3.63, 3.8) is 0 Å². The summed E-state index contributed by atoms with van der Waals surface area (Å²) in [4.78, 5) is 2.61. The van der Waals surface area contributed by atoms with Crippen LogP contribution >= 0.6 is 11.6 Å². The van der Waals surface area contributed by atoms with Crippen LogP contribution in [0.5, 0.6) is 0 Å². The Morgan fingerprint density at radius 2 is 1.95 bits per heavy atom. The number of alkyl halides is 1. The minimum Gasteiger partial charge on any atom is -0.306 e. The van der Waals surface area contributed by atoms with Gasteiger partial charge in [-0.2, -0.15) is 4.31 Å². The van der Waals surface area contributed by atoms with Crippen LogP contribution in [-0.4, -0.2) is 50.8 Å². The second-order valence-electron chi connectivity index (χ2n) is 5.79. The molecule has 2 rings (SSSR count). The molecule has 0 aromatic heterocycles. The maximum Gasteiger partial charge on any atom is 0.243 e. The molecule has 0 N–H and O–H groups in total. The molecule has 0 unspecified atom stereocenters. The molecule has 1 heterocycles. The van der Waals surface area contributed by atoms with Crippen LogP contribution in [-0.2, 0) is 15.9 Å². The first-order valence-electron chi connectivity index (χ1n) is 7.18. The highest BCUT2D eigenvalue weighted by Gasteiger charge is 2.31. The number of hydrogen-bond donors (Lipinski definition) is 0. The van der Waals surface area contributed by atoms with Crippen LogP contribution in [0, 0.1) is 6.92 Å². The van der Waals surface area contributed by atoms with Gasteiger partial charge >= 0.3 is 0 Å². The van der Waals surface area contributed by atoms with E-state index in [1.54, 1.807) is 17.4 Å². The first-order chi connectivity index (χ1) is 9.86. The zero-order valence-electron chi connectivity index (χ0n) is 12.8. The average molecular weight is 331 g/mol. The molecular formula is C15H23ClN2O2S. The fraction of sp³-hybridized carbons (Fsp3) is 0.600. The van der Waals surface area contributed by atoms with Gasteiger partial charge in [-0.3, -0.25) is 0 Å². The second kappa shape index (κ2) is 6.65. The molecule has 1 fully saturated rings. The summed E-state index contributed by atoms with van der Waals surface area (Å²) in [5, 5.41) is 0. The van der Waals surface area contributed by atoms with E-state index < -0.39 is 10.0 Å². The largest absolute Gasteiger partial charge is 0.306 e. The Labute approximate surface area is 132 Å². The maximum atomic E-state index is 12.9. The van der Waals surface area contributed by atoms with Crippen LogP contribution in [0.3, 0.4) is 0 Å². The average Bonchev–Trinajstić information content (AvgIpc) is 2.47. The summed E-state index contributed by atoms with van der Waals surface area (Å²) in [5.74, 6) is 0.320. The van der Waals surface area contributed by atoms with Crippen molar-refractivity contribution in [3.8, 4) is 0 Å². The molecule has 0 atom stereocenters. The lowest BCUT2D eigenvalue weighted by molar-refractivity contribution is 0.197. The molecule has 0 radical (unpaired) electrons. The third kappa shape index (κ3) is 3.59. The molecule has 1 aromatic rings. The van der Waals surface area contributed by atoms with Crippen molar-refractivity contribution in [2.24, 2.45) is 0 Å². The summed E-state index contributed by atoms with van der Waals surface area (Å²) in [7, 11) is 0.298. The van der Waals surface area contributed by atoms with E-state index in [1.165, 1.54) is 0 Å². The summed E-state index contributed by atoms with van der Waals surface area (Å²) in [6, 6.07) is 5.47. The lowest BCUT2D eigenvalue weighted by atomic mass is 10.1. The highest BCUT2D eigenvalue weighted by molar-refractivity contribution is 7.89. The number of hydrogen-bond acceptors (Lipinski definition) is 3. The van der Waals surface area contributed by atoms with E-state index in [0.717, 1.165) is 37.1 Å². The van der Waals surface area contributed by atoms with E-state index in [0.29, 0.717) is 10.8 Å². The van der Waals surface area contributed by atoms with E-state index in [-0.39, 0.29) is 6.04 Å². The van der Waals surface area contributed by atoms with Gasteiger partial charge in [0.15, 0.2) is 0 Å². The van der Waals surface area contributed by atoms with E-state index in [2.05, 4.69) is 11.9 Å². The first-order valence-corrected chi connectivity index (χ1v) is 9.16. The number of likely N-dealkylation sites (tertiary alicyclic amines) is 1. The van der Waals surface area contributed by atoms with Crippen LogP contribution in [0.15, 0.2) is 23.1 Å². The third-order valence-electron chi connectivity index (χ3n) is 4.27. The van der Waals surface area contributed by atoms with Gasteiger partial charge in [-0.25, -0.2) is 8.42 Å². The predicted octanol–water partition coefficient (Wildman–Crippen LogP) is 2.45. The molecule has 1 aliphatic heterocycles. The minimum absolute atomic E-state index is 0.0743. The van der Waals surface area contributed by atoms with Crippen LogP contribution in [0.1, 0.15) is 24.0 Å². The van der Waals surface area contributed by atoms with Gasteiger partial charge < -0.3 is 4.90 Å². The van der Waals surface area contributed by atoms with Gasteiger partial charge in [0.05, 0.1) is 4.90 Å². The fourth-order valence-corrected chi connectivity index (χ4v) is 4.57. The molecular weight excluding hydrogens is 308 g/mol. The van der Waals surface area contributed by atoms with E-state index in [9.17, 15) is 8.42 Å².